The van der Waals surface area contributed by atoms with E-state index in [2.05, 4.69) is 12.7 Å². The summed E-state index contributed by atoms with van der Waals surface area (Å²) in [5, 5.41) is 36.5. The molecule has 0 radical (unpaired) electrons. The number of aliphatic hydroxyl groups excluding tert-OH is 2. The van der Waals surface area contributed by atoms with Gasteiger partial charge >= 0.3 is 0 Å². The average Bonchev–Trinajstić information content (AvgIpc) is 3.83. The molecule has 4 aromatic rings. The number of aliphatic hydroxyl groups is 2. The number of hydrogen-bond donors (Lipinski definition) is 2. The molecular formula is C55H61N3O12. The van der Waals surface area contributed by atoms with Gasteiger partial charge in [-0.25, -0.2) is 0 Å². The first-order valence-electron chi connectivity index (χ1n) is 24.0. The van der Waals surface area contributed by atoms with Crippen molar-refractivity contribution in [1.82, 2.24) is 4.90 Å². The molecule has 0 spiro atoms. The maximum Gasteiger partial charge on any atom is 0.269 e. The van der Waals surface area contributed by atoms with Crippen molar-refractivity contribution in [3.8, 4) is 28.7 Å². The predicted octanol–water partition coefficient (Wildman–Crippen LogP) is 10.1. The lowest BCUT2D eigenvalue weighted by molar-refractivity contribution is -0.384. The number of rotatable bonds is 21. The highest BCUT2D eigenvalue weighted by molar-refractivity contribution is 6.03. The Morgan fingerprint density at radius 2 is 1.67 bits per heavy atom. The molecule has 6 unspecified atom stereocenters. The third-order valence-electron chi connectivity index (χ3n) is 13.3. The Labute approximate surface area is 408 Å². The van der Waals surface area contributed by atoms with Gasteiger partial charge in [0.15, 0.2) is 11.5 Å². The van der Waals surface area contributed by atoms with Gasteiger partial charge in [-0.05, 0) is 136 Å². The highest BCUT2D eigenvalue weighted by atomic mass is 16.7. The van der Waals surface area contributed by atoms with Gasteiger partial charge in [0.1, 0.15) is 35.2 Å². The zero-order valence-electron chi connectivity index (χ0n) is 39.9. The first-order valence-corrected chi connectivity index (χ1v) is 24.0. The number of aldehydes is 1. The van der Waals surface area contributed by atoms with E-state index in [1.54, 1.807) is 53.5 Å². The van der Waals surface area contributed by atoms with Crippen molar-refractivity contribution in [3.05, 3.63) is 148 Å². The Bertz CT molecular complexity index is 2640. The molecule has 2 aliphatic heterocycles. The van der Waals surface area contributed by atoms with Crippen LogP contribution in [0.25, 0.3) is 6.08 Å². The number of amides is 1. The molecular weight excluding hydrogens is 895 g/mol. The first-order chi connectivity index (χ1) is 33.8. The number of non-ortho nitro benzene ring substituents is 1. The van der Waals surface area contributed by atoms with Crippen LogP contribution >= 0.6 is 0 Å². The van der Waals surface area contributed by atoms with Crippen LogP contribution in [0.3, 0.4) is 0 Å². The lowest BCUT2D eigenvalue weighted by Crippen LogP contribution is -2.70. The van der Waals surface area contributed by atoms with E-state index < -0.39 is 34.2 Å². The summed E-state index contributed by atoms with van der Waals surface area (Å²) in [6.45, 7) is 10.1. The van der Waals surface area contributed by atoms with Crippen LogP contribution in [0.4, 0.5) is 5.69 Å². The summed E-state index contributed by atoms with van der Waals surface area (Å²) in [6, 6.07) is 23.3. The number of fused-ring (bicyclic) bond motifs is 3. The van der Waals surface area contributed by atoms with Crippen LogP contribution in [-0.4, -0.2) is 82.0 Å². The molecule has 8 rings (SSSR count). The Kier molecular flexibility index (Phi) is 15.5. The lowest BCUT2D eigenvalue weighted by Gasteiger charge is -2.60. The van der Waals surface area contributed by atoms with E-state index in [0.717, 1.165) is 48.7 Å². The Balaban J connectivity index is 1.35. The fourth-order valence-electron chi connectivity index (χ4n) is 10.2. The van der Waals surface area contributed by atoms with Crippen LogP contribution in [0.15, 0.2) is 120 Å². The van der Waals surface area contributed by atoms with E-state index >= 15 is 4.79 Å². The third kappa shape index (κ3) is 11.0. The number of oxime groups is 1. The molecule has 15 heteroatoms. The average molecular weight is 956 g/mol. The molecule has 6 atom stereocenters. The Morgan fingerprint density at radius 1 is 0.929 bits per heavy atom. The lowest BCUT2D eigenvalue weighted by atomic mass is 9.55. The van der Waals surface area contributed by atoms with Gasteiger partial charge < -0.3 is 43.6 Å². The zero-order chi connectivity index (χ0) is 49.4. The van der Waals surface area contributed by atoms with Crippen molar-refractivity contribution in [2.24, 2.45) is 22.9 Å². The summed E-state index contributed by atoms with van der Waals surface area (Å²) in [5.74, 6) is -0.279. The van der Waals surface area contributed by atoms with Gasteiger partial charge in [0, 0.05) is 61.4 Å². The molecule has 1 fully saturated rings. The van der Waals surface area contributed by atoms with Gasteiger partial charge in [0.2, 0.25) is 18.5 Å². The van der Waals surface area contributed by atoms with Gasteiger partial charge in [-0.15, -0.1) is 6.58 Å². The monoisotopic (exact) mass is 955 g/mol. The number of allylic oxidation sites excluding steroid dienone is 1. The van der Waals surface area contributed by atoms with Gasteiger partial charge in [0.25, 0.3) is 5.69 Å². The standard InChI is InChI=1S/C55H61N3O12/c1-5-27-67-55-50(57(33-37-17-22-48-49(29-37)66-35-65-48)51(62)24-18-36-15-19-40(20-16-36)58(63)64)32-46(56-70-54(2,3)4)44-30-39(12-6-8-25-59)43(14-7-9-26-60)52(53(44)55)45-31-42(21-23-47(45)69-55)68-41-13-10-11-38(28-41)34-61/h5,10-11,13,15-24,28-31,34,39,43,50,52-53,59-60H,1,6-9,12,14,25-27,32-33,35H2,2-4H3. The van der Waals surface area contributed by atoms with Crippen molar-refractivity contribution in [2.45, 2.75) is 95.6 Å². The van der Waals surface area contributed by atoms with Gasteiger partial charge in [-0.3, -0.25) is 19.7 Å². The molecule has 0 aromatic heterocycles. The molecule has 2 aliphatic carbocycles. The smallest absolute Gasteiger partial charge is 0.269 e. The number of nitrogens with zero attached hydrogens (tertiary/aromatic N) is 3. The Morgan fingerprint density at radius 3 is 2.40 bits per heavy atom. The molecule has 1 amide bonds. The van der Waals surface area contributed by atoms with Crippen molar-refractivity contribution >= 4 is 29.7 Å². The summed E-state index contributed by atoms with van der Waals surface area (Å²) in [4.78, 5) is 46.1. The number of unbranched alkanes of at least 4 members (excludes halogenated alkanes) is 2. The van der Waals surface area contributed by atoms with Crippen LogP contribution in [0.5, 0.6) is 28.7 Å². The molecule has 70 heavy (non-hydrogen) atoms. The minimum absolute atomic E-state index is 0.00854. The normalized spacial score (nSPS) is 22.6. The molecule has 0 saturated heterocycles. The molecule has 368 valence electrons. The van der Waals surface area contributed by atoms with Crippen LogP contribution in [-0.2, 0) is 20.9 Å². The summed E-state index contributed by atoms with van der Waals surface area (Å²) in [7, 11) is 0. The highest BCUT2D eigenvalue weighted by Crippen LogP contribution is 2.62. The number of nitro benzene ring substituents is 1. The molecule has 1 saturated carbocycles. The van der Waals surface area contributed by atoms with Gasteiger partial charge in [-0.1, -0.05) is 48.3 Å². The van der Waals surface area contributed by atoms with E-state index in [1.165, 1.54) is 18.2 Å². The van der Waals surface area contributed by atoms with E-state index in [-0.39, 0.29) is 63.0 Å². The Hall–Kier alpha value is -6.81. The molecule has 2 N–H and O–H groups in total. The maximum absolute atomic E-state index is 15.3. The topological polar surface area (TPSA) is 189 Å². The van der Waals surface area contributed by atoms with E-state index in [1.807, 2.05) is 57.2 Å². The summed E-state index contributed by atoms with van der Waals surface area (Å²) in [6.07, 6.45) is 12.2. The zero-order valence-corrected chi connectivity index (χ0v) is 39.9. The van der Waals surface area contributed by atoms with Crippen molar-refractivity contribution in [2.75, 3.05) is 26.6 Å². The molecule has 15 nitrogen and oxygen atoms in total. The van der Waals surface area contributed by atoms with Crippen molar-refractivity contribution in [3.63, 3.8) is 0 Å². The van der Waals surface area contributed by atoms with Crippen molar-refractivity contribution < 1.29 is 53.2 Å². The number of benzene rings is 4. The molecule has 4 aliphatic rings. The summed E-state index contributed by atoms with van der Waals surface area (Å²) < 4.78 is 32.6. The number of hydrogen-bond acceptors (Lipinski definition) is 13. The minimum atomic E-state index is -1.57. The van der Waals surface area contributed by atoms with Crippen LogP contribution in [0, 0.1) is 27.9 Å². The van der Waals surface area contributed by atoms with E-state index in [4.69, 9.17) is 33.7 Å². The quantitative estimate of drug-likeness (QED) is 0.0201. The second-order valence-electron chi connectivity index (χ2n) is 19.1. The fraction of sp³-hybridized carbons (Fsp3) is 0.400. The molecule has 4 aromatic carbocycles. The van der Waals surface area contributed by atoms with Crippen LogP contribution < -0.4 is 18.9 Å². The number of nitro groups is 1. The van der Waals surface area contributed by atoms with Gasteiger partial charge in [-0.2, -0.15) is 0 Å². The van der Waals surface area contributed by atoms with Crippen molar-refractivity contribution in [1.29, 1.82) is 0 Å². The van der Waals surface area contributed by atoms with Gasteiger partial charge in [0.05, 0.1) is 23.2 Å². The first kappa shape index (κ1) is 49.6. The van der Waals surface area contributed by atoms with E-state index in [9.17, 15) is 25.1 Å². The summed E-state index contributed by atoms with van der Waals surface area (Å²) >= 11 is 0. The number of carbonyl (C=O) groups is 2. The third-order valence-corrected chi connectivity index (χ3v) is 13.3. The number of carbonyl (C=O) groups excluding carboxylic acids is 2. The molecule has 2 heterocycles. The maximum atomic E-state index is 15.3. The van der Waals surface area contributed by atoms with Crippen LogP contribution in [0.2, 0.25) is 0 Å². The second kappa shape index (κ2) is 21.9. The van der Waals surface area contributed by atoms with E-state index in [0.29, 0.717) is 58.4 Å². The van der Waals surface area contributed by atoms with Crippen LogP contribution in [0.1, 0.15) is 98.7 Å². The minimum Gasteiger partial charge on any atom is -0.459 e. The summed E-state index contributed by atoms with van der Waals surface area (Å²) in [5.41, 5.74) is 3.40. The second-order valence-corrected chi connectivity index (χ2v) is 19.1. The highest BCUT2D eigenvalue weighted by Gasteiger charge is 2.65. The fourth-order valence-corrected chi connectivity index (χ4v) is 10.2. The SMILES string of the molecule is C=CCOC12Oc3ccc(Oc4cccc(C=O)c4)cc3C3C(CCCCO)C(CCCCO)C=C(C(=NOC(C)(C)C)CC1N(Cc1ccc4c(c1)OCO4)C(=O)C=Cc1ccc([N+](=O)[O-])cc1)C32. The largest absolute Gasteiger partial charge is 0.459 e. The predicted molar refractivity (Wildman–Crippen MR) is 263 cm³/mol. The number of ether oxygens (including phenoxy) is 5. The molecule has 0 bridgehead atoms.